The topological polar surface area (TPSA) is 43.8 Å². The summed E-state index contributed by atoms with van der Waals surface area (Å²) >= 11 is 2.21. The Hall–Kier alpha value is -1.71. The molecule has 0 spiro atoms. The molecule has 0 bridgehead atoms. The van der Waals surface area contributed by atoms with Crippen LogP contribution in [0.15, 0.2) is 36.5 Å². The maximum atomic E-state index is 11.9. The molecular weight excluding hydrogens is 474 g/mol. The number of alkyl halides is 1. The third kappa shape index (κ3) is 8.12. The third-order valence-corrected chi connectivity index (χ3v) is 4.54. The van der Waals surface area contributed by atoms with Gasteiger partial charge in [-0.2, -0.15) is 0 Å². The van der Waals surface area contributed by atoms with Crippen LogP contribution in [0.1, 0.15) is 11.1 Å². The molecule has 5 nitrogen and oxygen atoms in total. The van der Waals surface area contributed by atoms with Crippen molar-refractivity contribution >= 4 is 40.4 Å². The summed E-state index contributed by atoms with van der Waals surface area (Å²) in [7, 11) is 4.05. The average Bonchev–Trinajstić information content (AvgIpc) is 2.70. The molecule has 0 atom stereocenters. The minimum atomic E-state index is -0.471. The highest BCUT2D eigenvalue weighted by Gasteiger charge is 2.03. The number of pyridine rings is 1. The molecule has 152 valence electrons. The SMILES string of the molecule is CN(C)c1ccc(C=Cc2cnc(OCCOCCOCCF)c(I)c2)cc1. The van der Waals surface area contributed by atoms with E-state index in [9.17, 15) is 4.39 Å². The second-order valence-electron chi connectivity index (χ2n) is 6.14. The normalized spacial score (nSPS) is 11.1. The third-order valence-electron chi connectivity index (χ3n) is 3.77. The Balaban J connectivity index is 1.78. The molecule has 0 saturated heterocycles. The first-order valence-electron chi connectivity index (χ1n) is 9.05. The van der Waals surface area contributed by atoms with Gasteiger partial charge >= 0.3 is 0 Å². The van der Waals surface area contributed by atoms with Crippen LogP contribution in [-0.2, 0) is 9.47 Å². The van der Waals surface area contributed by atoms with Gasteiger partial charge in [0.1, 0.15) is 13.3 Å². The fraction of sp³-hybridized carbons (Fsp3) is 0.381. The molecule has 0 fully saturated rings. The quantitative estimate of drug-likeness (QED) is 0.321. The van der Waals surface area contributed by atoms with E-state index in [2.05, 4.69) is 62.8 Å². The number of rotatable bonds is 12. The summed E-state index contributed by atoms with van der Waals surface area (Å²) in [6, 6.07) is 10.4. The number of hydrogen-bond donors (Lipinski definition) is 0. The molecule has 0 amide bonds. The standard InChI is InChI=1S/C21H26FIN2O3/c1-25(2)19-7-5-17(6-8-19)3-4-18-15-20(23)21(24-16-18)28-14-13-27-12-11-26-10-9-22/h3-8,15-16H,9-14H2,1-2H3. The van der Waals surface area contributed by atoms with E-state index in [4.69, 9.17) is 14.2 Å². The molecule has 0 aliphatic carbocycles. The summed E-state index contributed by atoms with van der Waals surface area (Å²) in [6.45, 7) is 1.29. The first-order valence-corrected chi connectivity index (χ1v) is 10.1. The summed E-state index contributed by atoms with van der Waals surface area (Å²) in [5, 5.41) is 0. The number of benzene rings is 1. The van der Waals surface area contributed by atoms with Crippen molar-refractivity contribution in [2.45, 2.75) is 0 Å². The molecule has 28 heavy (non-hydrogen) atoms. The van der Waals surface area contributed by atoms with Crippen LogP contribution in [0.3, 0.4) is 0 Å². The molecule has 0 N–H and O–H groups in total. The van der Waals surface area contributed by atoms with Crippen LogP contribution < -0.4 is 9.64 Å². The largest absolute Gasteiger partial charge is 0.474 e. The number of halogens is 2. The lowest BCUT2D eigenvalue weighted by Crippen LogP contribution is -2.12. The second-order valence-corrected chi connectivity index (χ2v) is 7.30. The molecule has 2 aromatic rings. The first-order chi connectivity index (χ1) is 13.6. The Morgan fingerprint density at radius 3 is 2.25 bits per heavy atom. The molecule has 1 heterocycles. The van der Waals surface area contributed by atoms with Crippen LogP contribution in [0.5, 0.6) is 5.88 Å². The monoisotopic (exact) mass is 500 g/mol. The summed E-state index contributed by atoms with van der Waals surface area (Å²) < 4.78 is 28.8. The van der Waals surface area contributed by atoms with E-state index in [0.29, 0.717) is 32.3 Å². The lowest BCUT2D eigenvalue weighted by atomic mass is 10.1. The van der Waals surface area contributed by atoms with Gasteiger partial charge < -0.3 is 19.1 Å². The van der Waals surface area contributed by atoms with Crippen molar-refractivity contribution in [3.05, 3.63) is 51.2 Å². The van der Waals surface area contributed by atoms with Crippen molar-refractivity contribution in [3.8, 4) is 5.88 Å². The maximum Gasteiger partial charge on any atom is 0.227 e. The molecule has 1 aromatic carbocycles. The Morgan fingerprint density at radius 2 is 1.61 bits per heavy atom. The van der Waals surface area contributed by atoms with Crippen LogP contribution in [0.2, 0.25) is 0 Å². The predicted octanol–water partition coefficient (Wildman–Crippen LogP) is 4.30. The van der Waals surface area contributed by atoms with E-state index in [1.165, 1.54) is 5.69 Å². The second kappa shape index (κ2) is 12.7. The minimum absolute atomic E-state index is 0.115. The molecule has 0 aliphatic heterocycles. The zero-order valence-electron chi connectivity index (χ0n) is 16.2. The van der Waals surface area contributed by atoms with E-state index < -0.39 is 6.67 Å². The van der Waals surface area contributed by atoms with Crippen molar-refractivity contribution in [1.82, 2.24) is 4.98 Å². The summed E-state index contributed by atoms with van der Waals surface area (Å²) in [4.78, 5) is 6.45. The average molecular weight is 500 g/mol. The molecule has 2 rings (SSSR count). The van der Waals surface area contributed by atoms with Gasteiger partial charge in [-0.15, -0.1) is 0 Å². The van der Waals surface area contributed by atoms with Gasteiger partial charge in [-0.25, -0.2) is 9.37 Å². The maximum absolute atomic E-state index is 11.9. The minimum Gasteiger partial charge on any atom is -0.474 e. The number of hydrogen-bond acceptors (Lipinski definition) is 5. The van der Waals surface area contributed by atoms with Gasteiger partial charge in [-0.1, -0.05) is 24.3 Å². The molecule has 0 saturated carbocycles. The van der Waals surface area contributed by atoms with E-state index in [-0.39, 0.29) is 6.61 Å². The Labute approximate surface area is 179 Å². The Kier molecular flexibility index (Phi) is 10.2. The highest BCUT2D eigenvalue weighted by molar-refractivity contribution is 14.1. The van der Waals surface area contributed by atoms with Gasteiger partial charge in [0.25, 0.3) is 0 Å². The van der Waals surface area contributed by atoms with Crippen LogP contribution in [-0.4, -0.2) is 58.8 Å². The first kappa shape index (κ1) is 22.6. The number of anilines is 1. The number of nitrogens with zero attached hydrogens (tertiary/aromatic N) is 2. The van der Waals surface area contributed by atoms with Crippen molar-refractivity contribution in [3.63, 3.8) is 0 Å². The highest BCUT2D eigenvalue weighted by atomic mass is 127. The van der Waals surface area contributed by atoms with E-state index in [1.807, 2.05) is 26.2 Å². The summed E-state index contributed by atoms with van der Waals surface area (Å²) in [6.07, 6.45) is 5.88. The van der Waals surface area contributed by atoms with Gasteiger partial charge in [-0.3, -0.25) is 0 Å². The van der Waals surface area contributed by atoms with Gasteiger partial charge in [-0.05, 0) is 51.9 Å². The van der Waals surface area contributed by atoms with Crippen molar-refractivity contribution in [2.75, 3.05) is 58.7 Å². The molecular formula is C21H26FIN2O3. The molecule has 0 aliphatic rings. The molecule has 1 aromatic heterocycles. The smallest absolute Gasteiger partial charge is 0.227 e. The fourth-order valence-electron chi connectivity index (χ4n) is 2.29. The van der Waals surface area contributed by atoms with E-state index >= 15 is 0 Å². The van der Waals surface area contributed by atoms with Gasteiger partial charge in [0.15, 0.2) is 0 Å². The van der Waals surface area contributed by atoms with Gasteiger partial charge in [0, 0.05) is 26.0 Å². The van der Waals surface area contributed by atoms with Crippen molar-refractivity contribution in [1.29, 1.82) is 0 Å². The Bertz CT molecular complexity index is 739. The lowest BCUT2D eigenvalue weighted by Gasteiger charge is -2.11. The Morgan fingerprint density at radius 1 is 0.964 bits per heavy atom. The lowest BCUT2D eigenvalue weighted by molar-refractivity contribution is 0.0319. The predicted molar refractivity (Wildman–Crippen MR) is 120 cm³/mol. The van der Waals surface area contributed by atoms with E-state index in [1.54, 1.807) is 6.20 Å². The fourth-order valence-corrected chi connectivity index (χ4v) is 2.94. The van der Waals surface area contributed by atoms with Crippen molar-refractivity contribution in [2.24, 2.45) is 0 Å². The van der Waals surface area contributed by atoms with Crippen LogP contribution >= 0.6 is 22.6 Å². The summed E-state index contributed by atoms with van der Waals surface area (Å²) in [5.74, 6) is 0.588. The summed E-state index contributed by atoms with van der Waals surface area (Å²) in [5.41, 5.74) is 3.31. The zero-order chi connectivity index (χ0) is 20.2. The van der Waals surface area contributed by atoms with Crippen LogP contribution in [0.4, 0.5) is 10.1 Å². The molecule has 0 radical (unpaired) electrons. The van der Waals surface area contributed by atoms with Crippen LogP contribution in [0.25, 0.3) is 12.2 Å². The van der Waals surface area contributed by atoms with E-state index in [0.717, 1.165) is 14.7 Å². The van der Waals surface area contributed by atoms with Gasteiger partial charge in [0.05, 0.1) is 30.0 Å². The number of aromatic nitrogens is 1. The van der Waals surface area contributed by atoms with Crippen LogP contribution in [0, 0.1) is 3.57 Å². The van der Waals surface area contributed by atoms with Gasteiger partial charge in [0.2, 0.25) is 5.88 Å². The van der Waals surface area contributed by atoms with Crippen molar-refractivity contribution < 1.29 is 18.6 Å². The molecule has 7 heteroatoms. The molecule has 0 unspecified atom stereocenters. The zero-order valence-corrected chi connectivity index (χ0v) is 18.4. The highest BCUT2D eigenvalue weighted by Crippen LogP contribution is 2.20. The number of ether oxygens (including phenoxy) is 3.